The number of ether oxygens (including phenoxy) is 2. The summed E-state index contributed by atoms with van der Waals surface area (Å²) in [6, 6.07) is 1.72. The Morgan fingerprint density at radius 3 is 2.65 bits per heavy atom. The van der Waals surface area contributed by atoms with Gasteiger partial charge in [-0.3, -0.25) is 0 Å². The van der Waals surface area contributed by atoms with Crippen LogP contribution in [0.2, 0.25) is 5.15 Å². The molecule has 1 aromatic rings. The average molecular weight is 259 g/mol. The molecule has 0 aliphatic rings. The zero-order valence-corrected chi connectivity index (χ0v) is 11.5. The average Bonchev–Trinajstić information content (AvgIpc) is 2.23. The van der Waals surface area contributed by atoms with Gasteiger partial charge < -0.3 is 9.47 Å². The lowest BCUT2D eigenvalue weighted by Crippen LogP contribution is -2.24. The maximum absolute atomic E-state index is 5.83. The van der Waals surface area contributed by atoms with Crippen LogP contribution in [-0.4, -0.2) is 29.3 Å². The van der Waals surface area contributed by atoms with E-state index in [9.17, 15) is 0 Å². The molecule has 0 N–H and O–H groups in total. The monoisotopic (exact) mass is 258 g/mol. The molecule has 0 aliphatic carbocycles. The Morgan fingerprint density at radius 2 is 2.06 bits per heavy atom. The van der Waals surface area contributed by atoms with Crippen LogP contribution >= 0.6 is 11.6 Å². The molecule has 0 spiro atoms. The molecule has 0 amide bonds. The molecule has 1 aromatic heterocycles. The highest BCUT2D eigenvalue weighted by molar-refractivity contribution is 6.29. The smallest absolute Gasteiger partial charge is 0.155 e. The van der Waals surface area contributed by atoms with Crippen molar-refractivity contribution in [2.75, 3.05) is 13.7 Å². The van der Waals surface area contributed by atoms with Gasteiger partial charge in [0.05, 0.1) is 5.60 Å². The molecule has 1 rings (SSSR count). The number of halogens is 1. The Bertz CT molecular complexity index is 349. The topological polar surface area (TPSA) is 44.2 Å². The van der Waals surface area contributed by atoms with Crippen LogP contribution in [0.5, 0.6) is 0 Å². The standard InChI is InChI=1S/C12H19ClN2O2/c1-9-7-10(13)15-11(14-9)8-17-6-5-12(2,3)16-4/h7H,5-6,8H2,1-4H3. The summed E-state index contributed by atoms with van der Waals surface area (Å²) in [5.74, 6) is 0.616. The van der Waals surface area contributed by atoms with Crippen LogP contribution in [0.4, 0.5) is 0 Å². The number of hydrogen-bond donors (Lipinski definition) is 0. The lowest BCUT2D eigenvalue weighted by atomic mass is 10.1. The highest BCUT2D eigenvalue weighted by atomic mass is 35.5. The molecule has 0 saturated heterocycles. The van der Waals surface area contributed by atoms with Gasteiger partial charge >= 0.3 is 0 Å². The van der Waals surface area contributed by atoms with Crippen LogP contribution in [0.15, 0.2) is 6.07 Å². The normalized spacial score (nSPS) is 11.8. The number of hydrogen-bond acceptors (Lipinski definition) is 4. The van der Waals surface area contributed by atoms with Crippen LogP contribution in [0, 0.1) is 6.92 Å². The second-order valence-electron chi connectivity index (χ2n) is 4.51. The van der Waals surface area contributed by atoms with E-state index in [0.29, 0.717) is 24.2 Å². The van der Waals surface area contributed by atoms with Gasteiger partial charge in [0.2, 0.25) is 0 Å². The molecule has 0 atom stereocenters. The van der Waals surface area contributed by atoms with Crippen LogP contribution in [0.25, 0.3) is 0 Å². The SMILES string of the molecule is COC(C)(C)CCOCc1nc(C)cc(Cl)n1. The third-order valence-electron chi connectivity index (χ3n) is 2.50. The molecule has 1 heterocycles. The van der Waals surface area contributed by atoms with Crippen molar-refractivity contribution >= 4 is 11.6 Å². The molecule has 0 aliphatic heterocycles. The first-order valence-electron chi connectivity index (χ1n) is 5.56. The van der Waals surface area contributed by atoms with E-state index in [4.69, 9.17) is 21.1 Å². The van der Waals surface area contributed by atoms with Gasteiger partial charge in [0.1, 0.15) is 11.8 Å². The molecule has 0 radical (unpaired) electrons. The molecule has 17 heavy (non-hydrogen) atoms. The Morgan fingerprint density at radius 1 is 1.35 bits per heavy atom. The zero-order chi connectivity index (χ0) is 12.9. The maximum Gasteiger partial charge on any atom is 0.155 e. The Kier molecular flexibility index (Phi) is 5.31. The van der Waals surface area contributed by atoms with Gasteiger partial charge in [-0.2, -0.15) is 0 Å². The summed E-state index contributed by atoms with van der Waals surface area (Å²) in [7, 11) is 1.70. The fourth-order valence-electron chi connectivity index (χ4n) is 1.24. The van der Waals surface area contributed by atoms with E-state index < -0.39 is 0 Å². The summed E-state index contributed by atoms with van der Waals surface area (Å²) in [4.78, 5) is 8.32. The molecule has 5 heteroatoms. The summed E-state index contributed by atoms with van der Waals surface area (Å²) in [5.41, 5.74) is 0.686. The fraction of sp³-hybridized carbons (Fsp3) is 0.667. The first-order chi connectivity index (χ1) is 7.93. The van der Waals surface area contributed by atoms with Crippen molar-refractivity contribution < 1.29 is 9.47 Å². The fourth-order valence-corrected chi connectivity index (χ4v) is 1.49. The maximum atomic E-state index is 5.83. The number of aromatic nitrogens is 2. The lowest BCUT2D eigenvalue weighted by Gasteiger charge is -2.22. The Labute approximate surface area is 107 Å². The van der Waals surface area contributed by atoms with Crippen LogP contribution in [-0.2, 0) is 16.1 Å². The van der Waals surface area contributed by atoms with Crippen molar-refractivity contribution in [2.24, 2.45) is 0 Å². The first kappa shape index (κ1) is 14.4. The highest BCUT2D eigenvalue weighted by Crippen LogP contribution is 2.13. The van der Waals surface area contributed by atoms with E-state index in [2.05, 4.69) is 9.97 Å². The van der Waals surface area contributed by atoms with Gasteiger partial charge in [0.15, 0.2) is 5.82 Å². The molecule has 4 nitrogen and oxygen atoms in total. The number of methoxy groups -OCH3 is 1. The van der Waals surface area contributed by atoms with Gasteiger partial charge in [0.25, 0.3) is 0 Å². The summed E-state index contributed by atoms with van der Waals surface area (Å²) in [6.45, 7) is 6.91. The first-order valence-corrected chi connectivity index (χ1v) is 5.94. The largest absolute Gasteiger partial charge is 0.379 e. The summed E-state index contributed by atoms with van der Waals surface area (Å²) >= 11 is 5.83. The molecule has 0 unspecified atom stereocenters. The molecule has 0 bridgehead atoms. The van der Waals surface area contributed by atoms with E-state index in [0.717, 1.165) is 12.1 Å². The van der Waals surface area contributed by atoms with Crippen molar-refractivity contribution in [3.05, 3.63) is 22.7 Å². The third kappa shape index (κ3) is 5.44. The minimum atomic E-state index is -0.162. The molecule has 96 valence electrons. The van der Waals surface area contributed by atoms with Crippen molar-refractivity contribution in [3.63, 3.8) is 0 Å². The number of aryl methyl sites for hydroxylation is 1. The second kappa shape index (κ2) is 6.28. The van der Waals surface area contributed by atoms with Crippen molar-refractivity contribution in [1.82, 2.24) is 9.97 Å². The van der Waals surface area contributed by atoms with Crippen LogP contribution < -0.4 is 0 Å². The van der Waals surface area contributed by atoms with Crippen LogP contribution in [0.1, 0.15) is 31.8 Å². The lowest BCUT2D eigenvalue weighted by molar-refractivity contribution is -0.0132. The van der Waals surface area contributed by atoms with E-state index in [1.165, 1.54) is 0 Å². The van der Waals surface area contributed by atoms with E-state index in [1.54, 1.807) is 13.2 Å². The molecule has 0 fully saturated rings. The van der Waals surface area contributed by atoms with E-state index >= 15 is 0 Å². The zero-order valence-electron chi connectivity index (χ0n) is 10.8. The minimum Gasteiger partial charge on any atom is -0.379 e. The summed E-state index contributed by atoms with van der Waals surface area (Å²) in [5, 5.41) is 0.452. The van der Waals surface area contributed by atoms with Gasteiger partial charge in [-0.15, -0.1) is 0 Å². The third-order valence-corrected chi connectivity index (χ3v) is 2.70. The molecule has 0 aromatic carbocycles. The quantitative estimate of drug-likeness (QED) is 0.581. The van der Waals surface area contributed by atoms with Gasteiger partial charge in [0, 0.05) is 19.4 Å². The predicted octanol–water partition coefficient (Wildman–Crippen LogP) is 2.77. The Hall–Kier alpha value is -0.710. The van der Waals surface area contributed by atoms with E-state index in [1.807, 2.05) is 20.8 Å². The van der Waals surface area contributed by atoms with E-state index in [-0.39, 0.29) is 5.60 Å². The Balaban J connectivity index is 2.36. The second-order valence-corrected chi connectivity index (χ2v) is 4.90. The van der Waals surface area contributed by atoms with Gasteiger partial charge in [-0.1, -0.05) is 11.6 Å². The van der Waals surface area contributed by atoms with Crippen molar-refractivity contribution in [1.29, 1.82) is 0 Å². The predicted molar refractivity (Wildman–Crippen MR) is 67.1 cm³/mol. The summed E-state index contributed by atoms with van der Waals surface area (Å²) < 4.78 is 10.8. The van der Waals surface area contributed by atoms with Crippen molar-refractivity contribution in [3.8, 4) is 0 Å². The van der Waals surface area contributed by atoms with Crippen LogP contribution in [0.3, 0.4) is 0 Å². The number of rotatable bonds is 6. The molecular weight excluding hydrogens is 240 g/mol. The van der Waals surface area contributed by atoms with Gasteiger partial charge in [-0.05, 0) is 33.3 Å². The van der Waals surface area contributed by atoms with Gasteiger partial charge in [-0.25, -0.2) is 9.97 Å². The highest BCUT2D eigenvalue weighted by Gasteiger charge is 2.15. The molecular formula is C12H19ClN2O2. The summed E-state index contributed by atoms with van der Waals surface area (Å²) in [6.07, 6.45) is 0.822. The molecule has 0 saturated carbocycles. The minimum absolute atomic E-state index is 0.162. The van der Waals surface area contributed by atoms with Crippen molar-refractivity contribution in [2.45, 2.75) is 39.4 Å². The number of nitrogens with zero attached hydrogens (tertiary/aromatic N) is 2.